The summed E-state index contributed by atoms with van der Waals surface area (Å²) >= 11 is 3.46. The Balaban J connectivity index is 2.04. The fourth-order valence-electron chi connectivity index (χ4n) is 3.29. The number of aryl methyl sites for hydroxylation is 1. The zero-order valence-corrected chi connectivity index (χ0v) is 17.9. The van der Waals surface area contributed by atoms with E-state index in [4.69, 9.17) is 14.6 Å². The molecule has 28 heavy (non-hydrogen) atoms. The van der Waals surface area contributed by atoms with Crippen LogP contribution in [-0.4, -0.2) is 29.3 Å². The summed E-state index contributed by atoms with van der Waals surface area (Å²) in [6.07, 6.45) is 4.31. The highest BCUT2D eigenvalue weighted by atomic mass is 79.9. The van der Waals surface area contributed by atoms with E-state index in [9.17, 15) is 4.79 Å². The highest BCUT2D eigenvalue weighted by molar-refractivity contribution is 9.09. The van der Waals surface area contributed by atoms with Crippen LogP contribution < -0.4 is 15.0 Å². The SMILES string of the molecule is COc1ccc(-c2nn(CCCCCCBr)c(=O)c3ccccc23)cc1OC. The van der Waals surface area contributed by atoms with Gasteiger partial charge in [-0.2, -0.15) is 5.10 Å². The average molecular weight is 445 g/mol. The zero-order valence-electron chi connectivity index (χ0n) is 16.3. The number of aromatic nitrogens is 2. The molecule has 0 radical (unpaired) electrons. The van der Waals surface area contributed by atoms with Gasteiger partial charge in [-0.3, -0.25) is 4.79 Å². The molecule has 0 spiro atoms. The maximum absolute atomic E-state index is 12.9. The van der Waals surface area contributed by atoms with Gasteiger partial charge in [0.15, 0.2) is 11.5 Å². The lowest BCUT2D eigenvalue weighted by Gasteiger charge is -2.13. The summed E-state index contributed by atoms with van der Waals surface area (Å²) < 4.78 is 12.4. The van der Waals surface area contributed by atoms with Crippen LogP contribution >= 0.6 is 15.9 Å². The molecule has 148 valence electrons. The molecule has 1 aromatic heterocycles. The number of benzene rings is 2. The number of unbranched alkanes of at least 4 members (excludes halogenated alkanes) is 3. The van der Waals surface area contributed by atoms with Gasteiger partial charge in [-0.25, -0.2) is 4.68 Å². The van der Waals surface area contributed by atoms with Gasteiger partial charge in [0.2, 0.25) is 0 Å². The van der Waals surface area contributed by atoms with Crippen molar-refractivity contribution in [3.8, 4) is 22.8 Å². The first-order valence-corrected chi connectivity index (χ1v) is 10.6. The number of hydrogen-bond donors (Lipinski definition) is 0. The number of hydrogen-bond acceptors (Lipinski definition) is 4. The van der Waals surface area contributed by atoms with Crippen LogP contribution in [0.1, 0.15) is 25.7 Å². The van der Waals surface area contributed by atoms with E-state index in [2.05, 4.69) is 15.9 Å². The first-order chi connectivity index (χ1) is 13.7. The van der Waals surface area contributed by atoms with Crippen molar-refractivity contribution in [1.82, 2.24) is 9.78 Å². The Morgan fingerprint density at radius 3 is 2.36 bits per heavy atom. The van der Waals surface area contributed by atoms with Crippen molar-refractivity contribution < 1.29 is 9.47 Å². The number of nitrogens with zero attached hydrogens (tertiary/aromatic N) is 2. The van der Waals surface area contributed by atoms with Gasteiger partial charge in [0.1, 0.15) is 0 Å². The van der Waals surface area contributed by atoms with Crippen LogP contribution in [0.2, 0.25) is 0 Å². The molecule has 2 aromatic carbocycles. The molecule has 3 aromatic rings. The summed E-state index contributed by atoms with van der Waals surface area (Å²) in [6, 6.07) is 13.3. The predicted octanol–water partition coefficient (Wildman–Crippen LogP) is 5.04. The van der Waals surface area contributed by atoms with Gasteiger partial charge >= 0.3 is 0 Å². The number of rotatable bonds is 9. The lowest BCUT2D eigenvalue weighted by atomic mass is 10.0. The van der Waals surface area contributed by atoms with Crippen molar-refractivity contribution in [2.24, 2.45) is 0 Å². The van der Waals surface area contributed by atoms with Crippen LogP contribution in [0.3, 0.4) is 0 Å². The summed E-state index contributed by atoms with van der Waals surface area (Å²) in [4.78, 5) is 12.9. The molecule has 0 fully saturated rings. The summed E-state index contributed by atoms with van der Waals surface area (Å²) in [6.45, 7) is 0.617. The van der Waals surface area contributed by atoms with E-state index in [1.54, 1.807) is 18.9 Å². The Bertz CT molecular complexity index is 1000. The Morgan fingerprint density at radius 2 is 1.64 bits per heavy atom. The van der Waals surface area contributed by atoms with E-state index in [-0.39, 0.29) is 5.56 Å². The number of ether oxygens (including phenoxy) is 2. The third-order valence-electron chi connectivity index (χ3n) is 4.78. The first kappa shape index (κ1) is 20.4. The summed E-state index contributed by atoms with van der Waals surface area (Å²) in [7, 11) is 3.22. The molecule has 0 atom stereocenters. The van der Waals surface area contributed by atoms with Gasteiger partial charge in [0.25, 0.3) is 5.56 Å². The molecule has 0 aliphatic carbocycles. The van der Waals surface area contributed by atoms with Crippen molar-refractivity contribution in [2.75, 3.05) is 19.5 Å². The Morgan fingerprint density at radius 1 is 0.929 bits per heavy atom. The van der Waals surface area contributed by atoms with Crippen LogP contribution in [0.15, 0.2) is 47.3 Å². The minimum absolute atomic E-state index is 0.0414. The second-order valence-electron chi connectivity index (χ2n) is 6.60. The molecule has 0 saturated carbocycles. The summed E-state index contributed by atoms with van der Waals surface area (Å²) in [5, 5.41) is 7.26. The van der Waals surface area contributed by atoms with Crippen LogP contribution in [0.25, 0.3) is 22.0 Å². The molecule has 6 heteroatoms. The maximum Gasteiger partial charge on any atom is 0.274 e. The van der Waals surface area contributed by atoms with Gasteiger partial charge in [-0.15, -0.1) is 0 Å². The molecule has 0 N–H and O–H groups in total. The molecular formula is C22H25BrN2O3. The maximum atomic E-state index is 12.9. The largest absolute Gasteiger partial charge is 0.493 e. The van der Waals surface area contributed by atoms with Crippen molar-refractivity contribution in [1.29, 1.82) is 0 Å². The zero-order chi connectivity index (χ0) is 19.9. The minimum atomic E-state index is -0.0414. The van der Waals surface area contributed by atoms with Gasteiger partial charge in [0.05, 0.1) is 25.3 Å². The lowest BCUT2D eigenvalue weighted by Crippen LogP contribution is -2.24. The topological polar surface area (TPSA) is 53.4 Å². The lowest BCUT2D eigenvalue weighted by molar-refractivity contribution is 0.355. The molecule has 3 rings (SSSR count). The molecular weight excluding hydrogens is 420 g/mol. The van der Waals surface area contributed by atoms with E-state index in [1.807, 2.05) is 42.5 Å². The molecule has 0 unspecified atom stereocenters. The molecule has 0 saturated heterocycles. The minimum Gasteiger partial charge on any atom is -0.493 e. The highest BCUT2D eigenvalue weighted by Crippen LogP contribution is 2.33. The smallest absolute Gasteiger partial charge is 0.274 e. The fourth-order valence-corrected chi connectivity index (χ4v) is 3.69. The average Bonchev–Trinajstić information content (AvgIpc) is 2.74. The van der Waals surface area contributed by atoms with Crippen LogP contribution in [-0.2, 0) is 6.54 Å². The van der Waals surface area contributed by atoms with Crippen LogP contribution in [0, 0.1) is 0 Å². The summed E-state index contributed by atoms with van der Waals surface area (Å²) in [5.41, 5.74) is 1.62. The second kappa shape index (κ2) is 9.73. The standard InChI is InChI=1S/C22H25BrN2O3/c1-27-19-12-11-16(15-20(19)28-2)21-17-9-5-6-10-18(17)22(26)25(24-21)14-8-4-3-7-13-23/h5-6,9-12,15H,3-4,7-8,13-14H2,1-2H3. The number of alkyl halides is 1. The number of methoxy groups -OCH3 is 2. The molecule has 5 nitrogen and oxygen atoms in total. The Hall–Kier alpha value is -2.34. The predicted molar refractivity (Wildman–Crippen MR) is 117 cm³/mol. The van der Waals surface area contributed by atoms with E-state index in [0.717, 1.165) is 47.7 Å². The van der Waals surface area contributed by atoms with Gasteiger partial charge in [-0.1, -0.05) is 47.0 Å². The van der Waals surface area contributed by atoms with Crippen LogP contribution in [0.5, 0.6) is 11.5 Å². The normalized spacial score (nSPS) is 11.0. The van der Waals surface area contributed by atoms with E-state index >= 15 is 0 Å². The van der Waals surface area contributed by atoms with Crippen molar-refractivity contribution in [2.45, 2.75) is 32.2 Å². The van der Waals surface area contributed by atoms with E-state index in [1.165, 1.54) is 0 Å². The summed E-state index contributed by atoms with van der Waals surface area (Å²) in [5.74, 6) is 1.30. The number of fused-ring (bicyclic) bond motifs is 1. The molecule has 0 aliphatic heterocycles. The van der Waals surface area contributed by atoms with E-state index < -0.39 is 0 Å². The number of halogens is 1. The quantitative estimate of drug-likeness (QED) is 0.342. The second-order valence-corrected chi connectivity index (χ2v) is 7.39. The van der Waals surface area contributed by atoms with Gasteiger partial charge in [-0.05, 0) is 37.1 Å². The Labute approximate surface area is 173 Å². The third kappa shape index (κ3) is 4.38. The highest BCUT2D eigenvalue weighted by Gasteiger charge is 2.14. The fraction of sp³-hybridized carbons (Fsp3) is 0.364. The monoisotopic (exact) mass is 444 g/mol. The molecule has 0 aliphatic rings. The molecule has 0 bridgehead atoms. The molecule has 0 amide bonds. The van der Waals surface area contributed by atoms with Gasteiger partial charge in [0, 0.05) is 22.8 Å². The third-order valence-corrected chi connectivity index (χ3v) is 5.34. The van der Waals surface area contributed by atoms with Crippen molar-refractivity contribution >= 4 is 26.7 Å². The Kier molecular flexibility index (Phi) is 7.09. The van der Waals surface area contributed by atoms with Crippen molar-refractivity contribution in [3.63, 3.8) is 0 Å². The molecule has 1 heterocycles. The van der Waals surface area contributed by atoms with Gasteiger partial charge < -0.3 is 9.47 Å². The first-order valence-electron chi connectivity index (χ1n) is 9.47. The van der Waals surface area contributed by atoms with Crippen molar-refractivity contribution in [3.05, 3.63) is 52.8 Å². The van der Waals surface area contributed by atoms with E-state index in [0.29, 0.717) is 23.4 Å². The van der Waals surface area contributed by atoms with Crippen LogP contribution in [0.4, 0.5) is 0 Å².